The zero-order chi connectivity index (χ0) is 14.8. The Kier molecular flexibility index (Phi) is 4.45. The van der Waals surface area contributed by atoms with Gasteiger partial charge in [-0.3, -0.25) is 4.79 Å². The van der Waals surface area contributed by atoms with Gasteiger partial charge in [0, 0.05) is 11.5 Å². The van der Waals surface area contributed by atoms with E-state index in [9.17, 15) is 9.90 Å². The third-order valence-corrected chi connectivity index (χ3v) is 4.46. The molecule has 0 radical (unpaired) electrons. The second-order valence-electron chi connectivity index (χ2n) is 6.26. The first-order valence-corrected chi connectivity index (χ1v) is 7.19. The molecule has 0 bridgehead atoms. The predicted molar refractivity (Wildman–Crippen MR) is 79.1 cm³/mol. The molecule has 4 heteroatoms. The Bertz CT molecular complexity index is 459. The molecule has 4 nitrogen and oxygen atoms in total. The van der Waals surface area contributed by atoms with Crippen LogP contribution >= 0.6 is 0 Å². The highest BCUT2D eigenvalue weighted by atomic mass is 16.3. The molecule has 1 saturated carbocycles. The number of carbonyl (C=O) groups excluding carboxylic acids is 1. The third kappa shape index (κ3) is 3.19. The number of nitrogens with one attached hydrogen (secondary N) is 1. The molecule has 0 heterocycles. The highest BCUT2D eigenvalue weighted by molar-refractivity contribution is 5.82. The standard InChI is InChI=1S/C16H24N2O2/c1-16(2)13(10-14(16)19)18-15(20)12(17)9-8-11-6-4-3-5-7-11/h3-7,12-14,19H,8-10,17H2,1-2H3,(H,18,20). The zero-order valence-corrected chi connectivity index (χ0v) is 12.2. The maximum Gasteiger partial charge on any atom is 0.237 e. The number of rotatable bonds is 5. The average molecular weight is 276 g/mol. The number of hydrogen-bond acceptors (Lipinski definition) is 3. The molecule has 1 fully saturated rings. The van der Waals surface area contributed by atoms with Crippen molar-refractivity contribution in [2.24, 2.45) is 11.1 Å². The van der Waals surface area contributed by atoms with Gasteiger partial charge in [-0.2, -0.15) is 0 Å². The van der Waals surface area contributed by atoms with E-state index >= 15 is 0 Å². The van der Waals surface area contributed by atoms with E-state index in [1.54, 1.807) is 0 Å². The van der Waals surface area contributed by atoms with Crippen molar-refractivity contribution in [2.75, 3.05) is 0 Å². The van der Waals surface area contributed by atoms with Crippen molar-refractivity contribution in [3.05, 3.63) is 35.9 Å². The van der Waals surface area contributed by atoms with Crippen LogP contribution in [-0.4, -0.2) is 29.2 Å². The van der Waals surface area contributed by atoms with Gasteiger partial charge < -0.3 is 16.2 Å². The Morgan fingerprint density at radius 2 is 2.10 bits per heavy atom. The number of aryl methyl sites for hydroxylation is 1. The second kappa shape index (κ2) is 5.94. The second-order valence-corrected chi connectivity index (χ2v) is 6.26. The SMILES string of the molecule is CC1(C)C(O)CC1NC(=O)C(N)CCc1ccccc1. The first-order valence-electron chi connectivity index (χ1n) is 7.19. The van der Waals surface area contributed by atoms with Crippen LogP contribution in [0.3, 0.4) is 0 Å². The van der Waals surface area contributed by atoms with Crippen LogP contribution in [0.25, 0.3) is 0 Å². The zero-order valence-electron chi connectivity index (χ0n) is 12.2. The van der Waals surface area contributed by atoms with E-state index < -0.39 is 6.04 Å². The molecule has 1 aliphatic rings. The number of amides is 1. The van der Waals surface area contributed by atoms with Gasteiger partial charge in [0.2, 0.25) is 5.91 Å². The molecule has 3 unspecified atom stereocenters. The summed E-state index contributed by atoms with van der Waals surface area (Å²) in [7, 11) is 0. The van der Waals surface area contributed by atoms with Crippen molar-refractivity contribution in [3.8, 4) is 0 Å². The molecule has 1 aromatic carbocycles. The molecule has 1 aromatic rings. The lowest BCUT2D eigenvalue weighted by Crippen LogP contribution is -2.63. The molecule has 110 valence electrons. The Labute approximate surface area is 120 Å². The van der Waals surface area contributed by atoms with Crippen molar-refractivity contribution in [2.45, 2.75) is 51.3 Å². The van der Waals surface area contributed by atoms with Gasteiger partial charge in [-0.15, -0.1) is 0 Å². The molecule has 3 atom stereocenters. The highest BCUT2D eigenvalue weighted by Gasteiger charge is 2.48. The first-order chi connectivity index (χ1) is 9.41. The van der Waals surface area contributed by atoms with Gasteiger partial charge in [-0.25, -0.2) is 0 Å². The molecule has 4 N–H and O–H groups in total. The van der Waals surface area contributed by atoms with Crippen molar-refractivity contribution in [3.63, 3.8) is 0 Å². The van der Waals surface area contributed by atoms with Crippen LogP contribution in [0.5, 0.6) is 0 Å². The van der Waals surface area contributed by atoms with Crippen LogP contribution in [0.4, 0.5) is 0 Å². The fraction of sp³-hybridized carbons (Fsp3) is 0.562. The van der Waals surface area contributed by atoms with Crippen LogP contribution in [-0.2, 0) is 11.2 Å². The highest BCUT2D eigenvalue weighted by Crippen LogP contribution is 2.40. The summed E-state index contributed by atoms with van der Waals surface area (Å²) in [5, 5.41) is 12.6. The van der Waals surface area contributed by atoms with Crippen LogP contribution < -0.4 is 11.1 Å². The topological polar surface area (TPSA) is 75.3 Å². The third-order valence-electron chi connectivity index (χ3n) is 4.46. The van der Waals surface area contributed by atoms with E-state index in [1.807, 2.05) is 44.2 Å². The summed E-state index contributed by atoms with van der Waals surface area (Å²) >= 11 is 0. The predicted octanol–water partition coefficient (Wildman–Crippen LogP) is 1.22. The number of carbonyl (C=O) groups is 1. The molecular formula is C16H24N2O2. The average Bonchev–Trinajstić information content (AvgIpc) is 2.45. The Morgan fingerprint density at radius 3 is 2.65 bits per heavy atom. The fourth-order valence-corrected chi connectivity index (χ4v) is 2.52. The Balaban J connectivity index is 1.78. The summed E-state index contributed by atoms with van der Waals surface area (Å²) in [5.74, 6) is -0.120. The lowest BCUT2D eigenvalue weighted by molar-refractivity contribution is -0.130. The molecule has 0 aliphatic heterocycles. The normalized spacial score (nSPS) is 25.6. The quantitative estimate of drug-likeness (QED) is 0.757. The van der Waals surface area contributed by atoms with E-state index in [0.717, 1.165) is 6.42 Å². The fourth-order valence-electron chi connectivity index (χ4n) is 2.52. The van der Waals surface area contributed by atoms with Crippen LogP contribution in [0.1, 0.15) is 32.3 Å². The molecule has 0 spiro atoms. The molecule has 0 saturated heterocycles. The van der Waals surface area contributed by atoms with Gasteiger partial charge in [-0.1, -0.05) is 44.2 Å². The summed E-state index contributed by atoms with van der Waals surface area (Å²) in [6.07, 6.45) is 1.70. The van der Waals surface area contributed by atoms with Crippen molar-refractivity contribution in [1.29, 1.82) is 0 Å². The maximum atomic E-state index is 12.0. The van der Waals surface area contributed by atoms with Gasteiger partial charge in [0.15, 0.2) is 0 Å². The van der Waals surface area contributed by atoms with E-state index in [1.165, 1.54) is 5.56 Å². The lowest BCUT2D eigenvalue weighted by atomic mass is 9.64. The molecule has 20 heavy (non-hydrogen) atoms. The number of aliphatic hydroxyl groups excluding tert-OH is 1. The Morgan fingerprint density at radius 1 is 1.45 bits per heavy atom. The van der Waals surface area contributed by atoms with Gasteiger partial charge in [0.25, 0.3) is 0 Å². The number of benzene rings is 1. The van der Waals surface area contributed by atoms with Gasteiger partial charge in [0.1, 0.15) is 0 Å². The minimum Gasteiger partial charge on any atom is -0.392 e. The number of aliphatic hydroxyl groups is 1. The van der Waals surface area contributed by atoms with E-state index in [-0.39, 0.29) is 23.5 Å². The van der Waals surface area contributed by atoms with Crippen molar-refractivity contribution < 1.29 is 9.90 Å². The first kappa shape index (κ1) is 15.0. The van der Waals surface area contributed by atoms with E-state index in [0.29, 0.717) is 12.8 Å². The maximum absolute atomic E-state index is 12.0. The van der Waals surface area contributed by atoms with Gasteiger partial charge >= 0.3 is 0 Å². The molecule has 0 aromatic heterocycles. The summed E-state index contributed by atoms with van der Waals surface area (Å²) in [5.41, 5.74) is 6.88. The van der Waals surface area contributed by atoms with E-state index in [4.69, 9.17) is 5.73 Å². The van der Waals surface area contributed by atoms with E-state index in [2.05, 4.69) is 5.32 Å². The number of nitrogens with two attached hydrogens (primary N) is 1. The van der Waals surface area contributed by atoms with Crippen molar-refractivity contribution >= 4 is 5.91 Å². The monoisotopic (exact) mass is 276 g/mol. The molecule has 1 aliphatic carbocycles. The van der Waals surface area contributed by atoms with Gasteiger partial charge in [-0.05, 0) is 24.8 Å². The van der Waals surface area contributed by atoms with Crippen LogP contribution in [0.2, 0.25) is 0 Å². The molecular weight excluding hydrogens is 252 g/mol. The molecule has 2 rings (SSSR count). The van der Waals surface area contributed by atoms with Gasteiger partial charge in [0.05, 0.1) is 12.1 Å². The number of hydrogen-bond donors (Lipinski definition) is 3. The summed E-state index contributed by atoms with van der Waals surface area (Å²) < 4.78 is 0. The van der Waals surface area contributed by atoms with Crippen LogP contribution in [0.15, 0.2) is 30.3 Å². The smallest absolute Gasteiger partial charge is 0.237 e. The minimum absolute atomic E-state index is 0.0211. The largest absolute Gasteiger partial charge is 0.392 e. The summed E-state index contributed by atoms with van der Waals surface area (Å²) in [6.45, 7) is 3.92. The summed E-state index contributed by atoms with van der Waals surface area (Å²) in [4.78, 5) is 12.0. The molecule has 1 amide bonds. The summed E-state index contributed by atoms with van der Waals surface area (Å²) in [6, 6.07) is 9.54. The van der Waals surface area contributed by atoms with Crippen LogP contribution in [0, 0.1) is 5.41 Å². The Hall–Kier alpha value is -1.39. The lowest BCUT2D eigenvalue weighted by Gasteiger charge is -2.49. The van der Waals surface area contributed by atoms with Crippen molar-refractivity contribution in [1.82, 2.24) is 5.32 Å². The minimum atomic E-state index is -0.497.